The van der Waals surface area contributed by atoms with Crippen LogP contribution in [0.2, 0.25) is 0 Å². The standard InChI is InChI=1S/C58H38N2/c1-2-20-44(21-3-1)60-55-30-14-29-50(57(55)54-36-33-40-16-5-9-25-51(40)58(54)60)42-19-12-22-46(37-42)59(56-38-43-17-6-8-24-49(43)52-26-10-11-27-53(52)56)45-34-31-41(32-35-45)48-28-13-18-39-15-4-7-23-47(39)48/h1-38H. The van der Waals surface area contributed by atoms with E-state index in [1.54, 1.807) is 0 Å². The van der Waals surface area contributed by atoms with Crippen molar-refractivity contribution in [2.45, 2.75) is 0 Å². The lowest BCUT2D eigenvalue weighted by molar-refractivity contribution is 1.19. The van der Waals surface area contributed by atoms with Crippen molar-refractivity contribution < 1.29 is 0 Å². The van der Waals surface area contributed by atoms with Gasteiger partial charge in [-0.15, -0.1) is 0 Å². The average molecular weight is 763 g/mol. The maximum atomic E-state index is 2.45. The van der Waals surface area contributed by atoms with Crippen LogP contribution in [0.1, 0.15) is 0 Å². The Bertz CT molecular complexity index is 3590. The van der Waals surface area contributed by atoms with E-state index in [9.17, 15) is 0 Å². The molecule has 11 aromatic carbocycles. The number of rotatable bonds is 6. The third-order valence-electron chi connectivity index (χ3n) is 12.3. The second-order valence-corrected chi connectivity index (χ2v) is 15.7. The predicted molar refractivity (Wildman–Crippen MR) is 256 cm³/mol. The van der Waals surface area contributed by atoms with Crippen LogP contribution >= 0.6 is 0 Å². The lowest BCUT2D eigenvalue weighted by Crippen LogP contribution is -2.11. The third-order valence-corrected chi connectivity index (χ3v) is 12.3. The van der Waals surface area contributed by atoms with Crippen LogP contribution in [0.25, 0.3) is 92.8 Å². The Labute approximate surface area is 348 Å². The van der Waals surface area contributed by atoms with E-state index in [0.717, 1.165) is 22.7 Å². The van der Waals surface area contributed by atoms with Crippen molar-refractivity contribution in [2.75, 3.05) is 4.90 Å². The molecule has 2 heteroatoms. The highest BCUT2D eigenvalue weighted by Gasteiger charge is 2.21. The first-order valence-corrected chi connectivity index (χ1v) is 20.7. The van der Waals surface area contributed by atoms with Gasteiger partial charge in [0.1, 0.15) is 0 Å². The van der Waals surface area contributed by atoms with Crippen LogP contribution in [0.5, 0.6) is 0 Å². The van der Waals surface area contributed by atoms with Gasteiger partial charge < -0.3 is 9.47 Å². The molecule has 0 atom stereocenters. The minimum Gasteiger partial charge on any atom is -0.310 e. The molecule has 0 saturated carbocycles. The molecule has 280 valence electrons. The van der Waals surface area contributed by atoms with Crippen molar-refractivity contribution in [1.82, 2.24) is 4.57 Å². The quantitative estimate of drug-likeness (QED) is 0.153. The lowest BCUT2D eigenvalue weighted by Gasteiger charge is -2.28. The summed E-state index contributed by atoms with van der Waals surface area (Å²) in [5, 5.41) is 12.4. The van der Waals surface area contributed by atoms with Gasteiger partial charge in [-0.3, -0.25) is 0 Å². The zero-order chi connectivity index (χ0) is 39.6. The molecule has 0 bridgehead atoms. The number of anilines is 3. The van der Waals surface area contributed by atoms with Crippen LogP contribution in [0, 0.1) is 0 Å². The van der Waals surface area contributed by atoms with Gasteiger partial charge in [0.25, 0.3) is 0 Å². The van der Waals surface area contributed by atoms with E-state index in [1.165, 1.54) is 87.1 Å². The molecule has 0 aliphatic carbocycles. The van der Waals surface area contributed by atoms with E-state index in [4.69, 9.17) is 0 Å². The maximum Gasteiger partial charge on any atom is 0.0619 e. The van der Waals surface area contributed by atoms with Crippen LogP contribution in [0.4, 0.5) is 17.1 Å². The summed E-state index contributed by atoms with van der Waals surface area (Å²) >= 11 is 0. The van der Waals surface area contributed by atoms with Crippen molar-refractivity contribution in [3.63, 3.8) is 0 Å². The van der Waals surface area contributed by atoms with Gasteiger partial charge in [0.2, 0.25) is 0 Å². The van der Waals surface area contributed by atoms with E-state index in [1.807, 2.05) is 0 Å². The molecule has 0 radical (unpaired) electrons. The average Bonchev–Trinajstić information content (AvgIpc) is 3.67. The highest BCUT2D eigenvalue weighted by atomic mass is 15.1. The van der Waals surface area contributed by atoms with Crippen LogP contribution in [0.15, 0.2) is 231 Å². The number of fused-ring (bicyclic) bond motifs is 9. The minimum atomic E-state index is 1.10. The topological polar surface area (TPSA) is 8.17 Å². The second-order valence-electron chi connectivity index (χ2n) is 15.7. The van der Waals surface area contributed by atoms with Crippen molar-refractivity contribution in [2.24, 2.45) is 0 Å². The minimum absolute atomic E-state index is 1.10. The Hall–Kier alpha value is -7.94. The first kappa shape index (κ1) is 34.1. The molecule has 1 aromatic heterocycles. The van der Waals surface area contributed by atoms with Gasteiger partial charge >= 0.3 is 0 Å². The number of para-hydroxylation sites is 1. The van der Waals surface area contributed by atoms with Gasteiger partial charge in [-0.25, -0.2) is 0 Å². The molecule has 12 aromatic rings. The number of nitrogens with zero attached hydrogens (tertiary/aromatic N) is 2. The lowest BCUT2D eigenvalue weighted by atomic mass is 9.96. The largest absolute Gasteiger partial charge is 0.310 e. The summed E-state index contributed by atoms with van der Waals surface area (Å²) < 4.78 is 2.45. The summed E-state index contributed by atoms with van der Waals surface area (Å²) in [6.45, 7) is 0. The Morgan fingerprint density at radius 3 is 1.75 bits per heavy atom. The summed E-state index contributed by atoms with van der Waals surface area (Å²) in [6.07, 6.45) is 0. The van der Waals surface area contributed by atoms with Crippen LogP contribution in [-0.2, 0) is 0 Å². The Kier molecular flexibility index (Phi) is 7.89. The maximum absolute atomic E-state index is 2.45. The fourth-order valence-corrected chi connectivity index (χ4v) is 9.64. The zero-order valence-electron chi connectivity index (χ0n) is 32.8. The van der Waals surface area contributed by atoms with E-state index < -0.39 is 0 Å². The fourth-order valence-electron chi connectivity index (χ4n) is 9.64. The molecule has 0 fully saturated rings. The highest BCUT2D eigenvalue weighted by Crippen LogP contribution is 2.46. The highest BCUT2D eigenvalue weighted by molar-refractivity contribution is 6.22. The summed E-state index contributed by atoms with van der Waals surface area (Å²) in [6, 6.07) is 84.3. The molecule has 0 N–H and O–H groups in total. The van der Waals surface area contributed by atoms with E-state index >= 15 is 0 Å². The number of benzene rings is 11. The van der Waals surface area contributed by atoms with Crippen molar-refractivity contribution in [3.05, 3.63) is 231 Å². The fraction of sp³-hybridized carbons (Fsp3) is 0. The molecule has 0 saturated heterocycles. The Morgan fingerprint density at radius 1 is 0.317 bits per heavy atom. The monoisotopic (exact) mass is 762 g/mol. The molecule has 0 unspecified atom stereocenters. The van der Waals surface area contributed by atoms with Gasteiger partial charge in [0.15, 0.2) is 0 Å². The Morgan fingerprint density at radius 2 is 0.933 bits per heavy atom. The molecule has 0 aliphatic rings. The molecular weight excluding hydrogens is 725 g/mol. The van der Waals surface area contributed by atoms with E-state index in [-0.39, 0.29) is 0 Å². The van der Waals surface area contributed by atoms with Crippen molar-refractivity contribution in [3.8, 4) is 27.9 Å². The molecule has 0 amide bonds. The summed E-state index contributed by atoms with van der Waals surface area (Å²) in [5.74, 6) is 0. The molecular formula is C58H38N2. The van der Waals surface area contributed by atoms with Gasteiger partial charge in [0, 0.05) is 38.6 Å². The van der Waals surface area contributed by atoms with Crippen molar-refractivity contribution in [1.29, 1.82) is 0 Å². The first-order chi connectivity index (χ1) is 29.8. The number of aromatic nitrogens is 1. The molecule has 2 nitrogen and oxygen atoms in total. The first-order valence-electron chi connectivity index (χ1n) is 20.7. The molecule has 0 aliphatic heterocycles. The number of hydrogen-bond donors (Lipinski definition) is 0. The van der Waals surface area contributed by atoms with Crippen LogP contribution < -0.4 is 4.90 Å². The molecule has 0 spiro atoms. The smallest absolute Gasteiger partial charge is 0.0619 e. The summed E-state index contributed by atoms with van der Waals surface area (Å²) in [7, 11) is 0. The van der Waals surface area contributed by atoms with Gasteiger partial charge in [-0.1, -0.05) is 182 Å². The van der Waals surface area contributed by atoms with Gasteiger partial charge in [0.05, 0.1) is 16.7 Å². The van der Waals surface area contributed by atoms with E-state index in [0.29, 0.717) is 0 Å². The Balaban J connectivity index is 1.09. The van der Waals surface area contributed by atoms with Gasteiger partial charge in [-0.05, 0) is 103 Å². The van der Waals surface area contributed by atoms with Crippen molar-refractivity contribution >= 4 is 82.0 Å². The van der Waals surface area contributed by atoms with Crippen LogP contribution in [0.3, 0.4) is 0 Å². The zero-order valence-corrected chi connectivity index (χ0v) is 32.8. The summed E-state index contributed by atoms with van der Waals surface area (Å²) in [4.78, 5) is 2.45. The molecule has 12 rings (SSSR count). The van der Waals surface area contributed by atoms with E-state index in [2.05, 4.69) is 240 Å². The van der Waals surface area contributed by atoms with Crippen LogP contribution in [-0.4, -0.2) is 4.57 Å². The van der Waals surface area contributed by atoms with Gasteiger partial charge in [-0.2, -0.15) is 0 Å². The third kappa shape index (κ3) is 5.42. The number of hydrogen-bond acceptors (Lipinski definition) is 1. The molecule has 1 heterocycles. The predicted octanol–water partition coefficient (Wildman–Crippen LogP) is 16.2. The second kappa shape index (κ2) is 13.9. The summed E-state index contributed by atoms with van der Waals surface area (Å²) in [5.41, 5.74) is 11.7. The SMILES string of the molecule is c1ccc(-n2c3cccc(-c4cccc(N(c5ccc(-c6cccc7ccccc67)cc5)c5cc6ccccc6c6ccccc56)c4)c3c3ccc4ccccc4c32)cc1. The normalized spacial score (nSPS) is 11.7. The molecule has 60 heavy (non-hydrogen) atoms.